The maximum absolute atomic E-state index is 11.7. The highest BCUT2D eigenvalue weighted by molar-refractivity contribution is 5.81. The second-order valence-electron chi connectivity index (χ2n) is 4.38. The molecule has 0 radical (unpaired) electrons. The van der Waals surface area contributed by atoms with Gasteiger partial charge in [-0.05, 0) is 33.6 Å². The van der Waals surface area contributed by atoms with E-state index in [2.05, 4.69) is 0 Å². The van der Waals surface area contributed by atoms with Gasteiger partial charge in [-0.15, -0.1) is 0 Å². The van der Waals surface area contributed by atoms with Gasteiger partial charge < -0.3 is 15.7 Å². The van der Waals surface area contributed by atoms with Gasteiger partial charge in [0.2, 0.25) is 5.91 Å². The molecule has 1 atom stereocenters. The Labute approximate surface area is 96.6 Å². The predicted molar refractivity (Wildman–Crippen MR) is 62.0 cm³/mol. The lowest BCUT2D eigenvalue weighted by atomic mass is 10.1. The van der Waals surface area contributed by atoms with E-state index >= 15 is 0 Å². The van der Waals surface area contributed by atoms with Crippen LogP contribution in [0.5, 0.6) is 0 Å². The van der Waals surface area contributed by atoms with Crippen molar-refractivity contribution in [2.45, 2.75) is 52.1 Å². The van der Waals surface area contributed by atoms with Crippen LogP contribution in [0.1, 0.15) is 40.0 Å². The second-order valence-corrected chi connectivity index (χ2v) is 4.38. The average Bonchev–Trinajstić information content (AvgIpc) is 2.12. The fourth-order valence-electron chi connectivity index (χ4n) is 1.42. The molecule has 94 valence electrons. The van der Waals surface area contributed by atoms with Crippen molar-refractivity contribution in [2.75, 3.05) is 6.54 Å². The van der Waals surface area contributed by atoms with Crippen molar-refractivity contribution in [3.05, 3.63) is 0 Å². The summed E-state index contributed by atoms with van der Waals surface area (Å²) >= 11 is 0. The van der Waals surface area contributed by atoms with Gasteiger partial charge in [-0.2, -0.15) is 0 Å². The molecular formula is C11H22N2O3. The molecule has 0 fully saturated rings. The summed E-state index contributed by atoms with van der Waals surface area (Å²) in [7, 11) is 0. The standard InChI is InChI=1S/C11H22N2O3/c1-8(2)13(7-11(15)16)10(14)6-4-5-9(3)12/h8-9H,4-7,12H2,1-3H3,(H,15,16). The molecule has 0 aliphatic carbocycles. The zero-order valence-electron chi connectivity index (χ0n) is 10.3. The van der Waals surface area contributed by atoms with Crippen LogP contribution in [0.15, 0.2) is 0 Å². The van der Waals surface area contributed by atoms with Crippen LogP contribution in [0.2, 0.25) is 0 Å². The van der Waals surface area contributed by atoms with E-state index in [1.54, 1.807) is 0 Å². The number of hydrogen-bond donors (Lipinski definition) is 2. The summed E-state index contributed by atoms with van der Waals surface area (Å²) in [5.74, 6) is -1.09. The fraction of sp³-hybridized carbons (Fsp3) is 0.818. The van der Waals surface area contributed by atoms with Gasteiger partial charge in [0.1, 0.15) is 6.54 Å². The predicted octanol–water partition coefficient (Wildman–Crippen LogP) is 0.826. The number of aliphatic carboxylic acids is 1. The Morgan fingerprint density at radius 2 is 1.88 bits per heavy atom. The van der Waals surface area contributed by atoms with Gasteiger partial charge in [0.25, 0.3) is 0 Å². The van der Waals surface area contributed by atoms with E-state index in [4.69, 9.17) is 10.8 Å². The molecule has 0 aromatic heterocycles. The van der Waals surface area contributed by atoms with Crippen molar-refractivity contribution >= 4 is 11.9 Å². The zero-order valence-corrected chi connectivity index (χ0v) is 10.3. The van der Waals surface area contributed by atoms with E-state index in [9.17, 15) is 9.59 Å². The van der Waals surface area contributed by atoms with Crippen molar-refractivity contribution in [3.63, 3.8) is 0 Å². The minimum absolute atomic E-state index is 0.0831. The molecule has 0 bridgehead atoms. The van der Waals surface area contributed by atoms with Crippen molar-refractivity contribution in [1.82, 2.24) is 4.90 Å². The van der Waals surface area contributed by atoms with Crippen molar-refractivity contribution in [2.24, 2.45) is 5.73 Å². The molecule has 1 amide bonds. The third kappa shape index (κ3) is 6.40. The third-order valence-corrected chi connectivity index (χ3v) is 2.30. The summed E-state index contributed by atoms with van der Waals surface area (Å²) in [6.07, 6.45) is 1.86. The lowest BCUT2D eigenvalue weighted by Crippen LogP contribution is -2.40. The molecule has 0 saturated heterocycles. The van der Waals surface area contributed by atoms with E-state index in [1.807, 2.05) is 20.8 Å². The van der Waals surface area contributed by atoms with Crippen LogP contribution in [0.25, 0.3) is 0 Å². The first-order valence-electron chi connectivity index (χ1n) is 5.61. The molecule has 0 rings (SSSR count). The largest absolute Gasteiger partial charge is 0.480 e. The average molecular weight is 230 g/mol. The van der Waals surface area contributed by atoms with Crippen LogP contribution in [0, 0.1) is 0 Å². The minimum atomic E-state index is -0.978. The van der Waals surface area contributed by atoms with E-state index < -0.39 is 5.97 Å². The summed E-state index contributed by atoms with van der Waals surface area (Å²) in [5, 5.41) is 8.68. The number of rotatable bonds is 7. The zero-order chi connectivity index (χ0) is 12.7. The number of carboxylic acids is 1. The quantitative estimate of drug-likeness (QED) is 0.678. The number of carboxylic acid groups (broad SMARTS) is 1. The number of nitrogens with zero attached hydrogens (tertiary/aromatic N) is 1. The molecule has 0 spiro atoms. The van der Waals surface area contributed by atoms with Crippen molar-refractivity contribution in [1.29, 1.82) is 0 Å². The topological polar surface area (TPSA) is 83.6 Å². The van der Waals surface area contributed by atoms with Gasteiger partial charge in [0.05, 0.1) is 0 Å². The van der Waals surface area contributed by atoms with Crippen LogP contribution >= 0.6 is 0 Å². The van der Waals surface area contributed by atoms with Gasteiger partial charge in [0.15, 0.2) is 0 Å². The summed E-state index contributed by atoms with van der Waals surface area (Å²) in [6, 6.07) is -0.00123. The SMILES string of the molecule is CC(N)CCCC(=O)N(CC(=O)O)C(C)C. The number of carbonyl (C=O) groups is 2. The number of carbonyl (C=O) groups excluding carboxylic acids is 1. The molecule has 3 N–H and O–H groups in total. The minimum Gasteiger partial charge on any atom is -0.480 e. The summed E-state index contributed by atoms with van der Waals surface area (Å²) in [6.45, 7) is 5.29. The van der Waals surface area contributed by atoms with E-state index in [0.717, 1.165) is 6.42 Å². The van der Waals surface area contributed by atoms with Gasteiger partial charge >= 0.3 is 5.97 Å². The number of nitrogens with two attached hydrogens (primary N) is 1. The van der Waals surface area contributed by atoms with Gasteiger partial charge in [-0.1, -0.05) is 0 Å². The molecule has 5 nitrogen and oxygen atoms in total. The summed E-state index contributed by atoms with van der Waals surface area (Å²) in [5.41, 5.74) is 5.58. The first kappa shape index (κ1) is 14.9. The maximum atomic E-state index is 11.7. The molecule has 5 heteroatoms. The highest BCUT2D eigenvalue weighted by Gasteiger charge is 2.19. The Balaban J connectivity index is 4.12. The Kier molecular flexibility index (Phi) is 6.72. The van der Waals surface area contributed by atoms with Crippen LogP contribution < -0.4 is 5.73 Å². The molecule has 0 aromatic rings. The van der Waals surface area contributed by atoms with E-state index in [1.165, 1.54) is 4.90 Å². The Hall–Kier alpha value is -1.10. The highest BCUT2D eigenvalue weighted by Crippen LogP contribution is 2.06. The lowest BCUT2D eigenvalue weighted by molar-refractivity contribution is -0.145. The fourth-order valence-corrected chi connectivity index (χ4v) is 1.42. The first-order chi connectivity index (χ1) is 7.34. The van der Waals surface area contributed by atoms with Crippen LogP contribution in [-0.2, 0) is 9.59 Å². The number of hydrogen-bond acceptors (Lipinski definition) is 3. The Bertz CT molecular complexity index is 239. The van der Waals surface area contributed by atoms with Crippen molar-refractivity contribution < 1.29 is 14.7 Å². The normalized spacial score (nSPS) is 12.6. The molecule has 0 saturated carbocycles. The van der Waals surface area contributed by atoms with Crippen LogP contribution in [0.3, 0.4) is 0 Å². The van der Waals surface area contributed by atoms with E-state index in [0.29, 0.717) is 12.8 Å². The molecule has 0 aromatic carbocycles. The smallest absolute Gasteiger partial charge is 0.323 e. The molecule has 0 aliphatic heterocycles. The van der Waals surface area contributed by atoms with Gasteiger partial charge in [-0.25, -0.2) is 0 Å². The van der Waals surface area contributed by atoms with Gasteiger partial charge in [0, 0.05) is 18.5 Å². The molecule has 1 unspecified atom stereocenters. The van der Waals surface area contributed by atoms with Crippen LogP contribution in [-0.4, -0.2) is 40.5 Å². The first-order valence-corrected chi connectivity index (χ1v) is 5.61. The highest BCUT2D eigenvalue weighted by atomic mass is 16.4. The van der Waals surface area contributed by atoms with E-state index in [-0.39, 0.29) is 24.5 Å². The van der Waals surface area contributed by atoms with Crippen LogP contribution in [0.4, 0.5) is 0 Å². The Morgan fingerprint density at radius 1 is 1.31 bits per heavy atom. The number of amides is 1. The summed E-state index contributed by atoms with van der Waals surface area (Å²) in [4.78, 5) is 23.7. The second kappa shape index (κ2) is 7.22. The third-order valence-electron chi connectivity index (χ3n) is 2.30. The lowest BCUT2D eigenvalue weighted by Gasteiger charge is -2.25. The molecule has 0 aliphatic rings. The molecular weight excluding hydrogens is 208 g/mol. The maximum Gasteiger partial charge on any atom is 0.323 e. The van der Waals surface area contributed by atoms with Gasteiger partial charge in [-0.3, -0.25) is 9.59 Å². The molecule has 0 heterocycles. The van der Waals surface area contributed by atoms with Crippen molar-refractivity contribution in [3.8, 4) is 0 Å². The summed E-state index contributed by atoms with van der Waals surface area (Å²) < 4.78 is 0. The molecule has 16 heavy (non-hydrogen) atoms. The Morgan fingerprint density at radius 3 is 2.25 bits per heavy atom. The monoisotopic (exact) mass is 230 g/mol.